The number of hydrogen-bond acceptors (Lipinski definition) is 3. The molecule has 17 heavy (non-hydrogen) atoms. The standard InChI is InChI=1S/C14H28N2O/c1-16(8-4-2-3-5-9-17)14-10-12-6-7-13(11-14)15-12/h12-15,17H,2-11H2,1H3. The summed E-state index contributed by atoms with van der Waals surface area (Å²) >= 11 is 0. The van der Waals surface area contributed by atoms with Crippen LogP contribution in [-0.2, 0) is 0 Å². The lowest BCUT2D eigenvalue weighted by Crippen LogP contribution is -2.47. The van der Waals surface area contributed by atoms with Crippen LogP contribution in [0.25, 0.3) is 0 Å². The molecule has 0 radical (unpaired) electrons. The molecule has 0 saturated carbocycles. The number of fused-ring (bicyclic) bond motifs is 2. The first kappa shape index (κ1) is 13.3. The van der Waals surface area contributed by atoms with Crippen LogP contribution in [0.5, 0.6) is 0 Å². The lowest BCUT2D eigenvalue weighted by atomic mass is 9.98. The summed E-state index contributed by atoms with van der Waals surface area (Å²) in [6.45, 7) is 1.59. The van der Waals surface area contributed by atoms with Crippen LogP contribution in [-0.4, -0.2) is 48.3 Å². The molecule has 2 rings (SSSR count). The van der Waals surface area contributed by atoms with Gasteiger partial charge in [0, 0.05) is 24.7 Å². The van der Waals surface area contributed by atoms with Gasteiger partial charge in [0.25, 0.3) is 0 Å². The highest BCUT2D eigenvalue weighted by Gasteiger charge is 2.34. The van der Waals surface area contributed by atoms with Crippen molar-refractivity contribution in [3.8, 4) is 0 Å². The van der Waals surface area contributed by atoms with Crippen LogP contribution >= 0.6 is 0 Å². The summed E-state index contributed by atoms with van der Waals surface area (Å²) in [6.07, 6.45) is 10.2. The van der Waals surface area contributed by atoms with Gasteiger partial charge >= 0.3 is 0 Å². The number of piperidine rings is 1. The van der Waals surface area contributed by atoms with Crippen molar-refractivity contribution in [3.05, 3.63) is 0 Å². The second-order valence-corrected chi connectivity index (χ2v) is 5.88. The minimum atomic E-state index is 0.355. The molecule has 0 aromatic carbocycles. The van der Waals surface area contributed by atoms with Gasteiger partial charge in [-0.1, -0.05) is 12.8 Å². The van der Waals surface area contributed by atoms with Gasteiger partial charge < -0.3 is 15.3 Å². The Morgan fingerprint density at radius 1 is 1.06 bits per heavy atom. The summed E-state index contributed by atoms with van der Waals surface area (Å²) in [7, 11) is 2.29. The molecule has 2 aliphatic rings. The molecule has 0 spiro atoms. The van der Waals surface area contributed by atoms with Crippen LogP contribution in [0.4, 0.5) is 0 Å². The van der Waals surface area contributed by atoms with Crippen molar-refractivity contribution in [3.63, 3.8) is 0 Å². The maximum atomic E-state index is 8.73. The molecular weight excluding hydrogens is 212 g/mol. The zero-order valence-electron chi connectivity index (χ0n) is 11.2. The molecule has 2 heterocycles. The Hall–Kier alpha value is -0.120. The number of nitrogens with zero attached hydrogens (tertiary/aromatic N) is 1. The van der Waals surface area contributed by atoms with E-state index in [9.17, 15) is 0 Å². The minimum absolute atomic E-state index is 0.355. The predicted octanol–water partition coefficient (Wildman–Crippen LogP) is 1.75. The molecule has 2 N–H and O–H groups in total. The highest BCUT2D eigenvalue weighted by atomic mass is 16.2. The van der Waals surface area contributed by atoms with E-state index >= 15 is 0 Å². The van der Waals surface area contributed by atoms with Crippen LogP contribution in [0.3, 0.4) is 0 Å². The number of unbranched alkanes of at least 4 members (excludes halogenated alkanes) is 3. The van der Waals surface area contributed by atoms with Crippen molar-refractivity contribution in [1.82, 2.24) is 10.2 Å². The zero-order chi connectivity index (χ0) is 12.1. The average molecular weight is 240 g/mol. The Morgan fingerprint density at radius 3 is 2.35 bits per heavy atom. The van der Waals surface area contributed by atoms with E-state index < -0.39 is 0 Å². The maximum Gasteiger partial charge on any atom is 0.0431 e. The minimum Gasteiger partial charge on any atom is -0.396 e. The van der Waals surface area contributed by atoms with Gasteiger partial charge in [-0.3, -0.25) is 0 Å². The Morgan fingerprint density at radius 2 is 1.71 bits per heavy atom. The van der Waals surface area contributed by atoms with Crippen LogP contribution in [0.15, 0.2) is 0 Å². The summed E-state index contributed by atoms with van der Waals surface area (Å²) in [5.74, 6) is 0. The lowest BCUT2D eigenvalue weighted by Gasteiger charge is -2.35. The van der Waals surface area contributed by atoms with Crippen molar-refractivity contribution in [2.24, 2.45) is 0 Å². The fourth-order valence-electron chi connectivity index (χ4n) is 3.40. The fourth-order valence-corrected chi connectivity index (χ4v) is 3.40. The molecule has 2 unspecified atom stereocenters. The van der Waals surface area contributed by atoms with E-state index in [1.54, 1.807) is 0 Å². The third kappa shape index (κ3) is 3.94. The van der Waals surface area contributed by atoms with E-state index in [-0.39, 0.29) is 0 Å². The Bertz CT molecular complexity index is 210. The zero-order valence-corrected chi connectivity index (χ0v) is 11.2. The fraction of sp³-hybridized carbons (Fsp3) is 1.00. The van der Waals surface area contributed by atoms with Crippen molar-refractivity contribution in [1.29, 1.82) is 0 Å². The SMILES string of the molecule is CN(CCCCCCO)C1CC2CCC(C1)N2. The van der Waals surface area contributed by atoms with Gasteiger partial charge in [-0.25, -0.2) is 0 Å². The Kier molecular flexibility index (Phi) is 5.26. The van der Waals surface area contributed by atoms with Gasteiger partial charge in [0.15, 0.2) is 0 Å². The quantitative estimate of drug-likeness (QED) is 0.666. The Balaban J connectivity index is 1.61. The third-order valence-electron chi connectivity index (χ3n) is 4.49. The number of nitrogens with one attached hydrogen (secondary N) is 1. The highest BCUT2D eigenvalue weighted by molar-refractivity contribution is 4.95. The number of aliphatic hydroxyl groups excluding tert-OH is 1. The number of aliphatic hydroxyl groups is 1. The lowest BCUT2D eigenvalue weighted by molar-refractivity contribution is 0.169. The smallest absolute Gasteiger partial charge is 0.0431 e. The van der Waals surface area contributed by atoms with Gasteiger partial charge in [-0.2, -0.15) is 0 Å². The molecular formula is C14H28N2O. The summed E-state index contributed by atoms with van der Waals surface area (Å²) in [4.78, 5) is 2.57. The first-order chi connectivity index (χ1) is 8.29. The van der Waals surface area contributed by atoms with Crippen LogP contribution in [0, 0.1) is 0 Å². The molecule has 2 aliphatic heterocycles. The molecule has 0 aromatic rings. The second kappa shape index (κ2) is 6.72. The van der Waals surface area contributed by atoms with Crippen LogP contribution in [0.1, 0.15) is 51.4 Å². The van der Waals surface area contributed by atoms with Crippen molar-refractivity contribution in [2.75, 3.05) is 20.2 Å². The normalized spacial score (nSPS) is 32.3. The topological polar surface area (TPSA) is 35.5 Å². The summed E-state index contributed by atoms with van der Waals surface area (Å²) < 4.78 is 0. The van der Waals surface area contributed by atoms with Crippen LogP contribution in [0.2, 0.25) is 0 Å². The molecule has 100 valence electrons. The van der Waals surface area contributed by atoms with Crippen LogP contribution < -0.4 is 5.32 Å². The molecule has 3 heteroatoms. The van der Waals surface area contributed by atoms with Crippen molar-refractivity contribution < 1.29 is 5.11 Å². The summed E-state index contributed by atoms with van der Waals surface area (Å²) in [6, 6.07) is 2.41. The first-order valence-electron chi connectivity index (χ1n) is 7.36. The van der Waals surface area contributed by atoms with Gasteiger partial charge in [-0.05, 0) is 52.1 Å². The predicted molar refractivity (Wildman–Crippen MR) is 71.2 cm³/mol. The molecule has 2 bridgehead atoms. The van der Waals surface area contributed by atoms with Gasteiger partial charge in [0.1, 0.15) is 0 Å². The molecule has 2 fully saturated rings. The summed E-state index contributed by atoms with van der Waals surface area (Å²) in [5, 5.41) is 12.4. The molecule has 3 nitrogen and oxygen atoms in total. The number of rotatable bonds is 7. The molecule has 2 saturated heterocycles. The first-order valence-corrected chi connectivity index (χ1v) is 7.36. The highest BCUT2D eigenvalue weighted by Crippen LogP contribution is 2.29. The largest absolute Gasteiger partial charge is 0.396 e. The maximum absolute atomic E-state index is 8.73. The van der Waals surface area contributed by atoms with Crippen molar-refractivity contribution in [2.45, 2.75) is 69.5 Å². The Labute approximate surface area is 106 Å². The van der Waals surface area contributed by atoms with E-state index in [2.05, 4.69) is 17.3 Å². The van der Waals surface area contributed by atoms with E-state index in [0.29, 0.717) is 6.61 Å². The molecule has 0 aromatic heterocycles. The van der Waals surface area contributed by atoms with Gasteiger partial charge in [0.05, 0.1) is 0 Å². The van der Waals surface area contributed by atoms with Gasteiger partial charge in [-0.15, -0.1) is 0 Å². The van der Waals surface area contributed by atoms with E-state index in [4.69, 9.17) is 5.11 Å². The van der Waals surface area contributed by atoms with E-state index in [1.165, 1.54) is 51.5 Å². The average Bonchev–Trinajstić information content (AvgIpc) is 2.67. The number of hydrogen-bond donors (Lipinski definition) is 2. The third-order valence-corrected chi connectivity index (χ3v) is 4.49. The van der Waals surface area contributed by atoms with E-state index in [0.717, 1.165) is 24.5 Å². The molecule has 2 atom stereocenters. The second-order valence-electron chi connectivity index (χ2n) is 5.88. The monoisotopic (exact) mass is 240 g/mol. The summed E-state index contributed by atoms with van der Waals surface area (Å²) in [5.41, 5.74) is 0. The van der Waals surface area contributed by atoms with E-state index in [1.807, 2.05) is 0 Å². The molecule has 0 amide bonds. The molecule has 0 aliphatic carbocycles. The van der Waals surface area contributed by atoms with Gasteiger partial charge in [0.2, 0.25) is 0 Å². The van der Waals surface area contributed by atoms with Crippen molar-refractivity contribution >= 4 is 0 Å².